The van der Waals surface area contributed by atoms with Crippen LogP contribution in [0.4, 0.5) is 5.69 Å². The summed E-state index contributed by atoms with van der Waals surface area (Å²) in [7, 11) is 0. The zero-order valence-corrected chi connectivity index (χ0v) is 16.7. The van der Waals surface area contributed by atoms with Gasteiger partial charge in [0.05, 0.1) is 0 Å². The zero-order valence-electron chi connectivity index (χ0n) is 16.7. The van der Waals surface area contributed by atoms with E-state index in [1.807, 2.05) is 73.3 Å². The third kappa shape index (κ3) is 4.09. The van der Waals surface area contributed by atoms with E-state index < -0.39 is 0 Å². The summed E-state index contributed by atoms with van der Waals surface area (Å²) in [6.07, 6.45) is 1.15. The van der Waals surface area contributed by atoms with Gasteiger partial charge < -0.3 is 14.6 Å². The van der Waals surface area contributed by atoms with Gasteiger partial charge in [0, 0.05) is 48.3 Å². The van der Waals surface area contributed by atoms with Crippen LogP contribution in [0.1, 0.15) is 40.6 Å². The van der Waals surface area contributed by atoms with Crippen molar-refractivity contribution >= 4 is 17.5 Å². The predicted molar refractivity (Wildman–Crippen MR) is 113 cm³/mol. The van der Waals surface area contributed by atoms with Crippen LogP contribution >= 0.6 is 0 Å². The van der Waals surface area contributed by atoms with Crippen molar-refractivity contribution in [1.82, 2.24) is 4.90 Å². The Bertz CT molecular complexity index is 1030. The Hall–Kier alpha value is -3.34. The van der Waals surface area contributed by atoms with Crippen molar-refractivity contribution in [2.24, 2.45) is 0 Å². The molecule has 4 rings (SSSR count). The maximum Gasteiger partial charge on any atom is 0.254 e. The Morgan fingerprint density at radius 3 is 2.48 bits per heavy atom. The second-order valence-electron chi connectivity index (χ2n) is 7.38. The summed E-state index contributed by atoms with van der Waals surface area (Å²) >= 11 is 0. The first-order valence-electron chi connectivity index (χ1n) is 9.91. The molecule has 1 aromatic heterocycles. The molecular formula is C24H24N2O3. The smallest absolute Gasteiger partial charge is 0.254 e. The van der Waals surface area contributed by atoms with Gasteiger partial charge in [-0.2, -0.15) is 0 Å². The average Bonchev–Trinajstić information content (AvgIpc) is 3.17. The highest BCUT2D eigenvalue weighted by Crippen LogP contribution is 2.30. The van der Waals surface area contributed by atoms with Gasteiger partial charge in [-0.25, -0.2) is 0 Å². The van der Waals surface area contributed by atoms with E-state index in [-0.39, 0.29) is 11.8 Å². The van der Waals surface area contributed by atoms with E-state index in [0.29, 0.717) is 31.5 Å². The molecule has 0 saturated carbocycles. The van der Waals surface area contributed by atoms with Crippen molar-refractivity contribution in [2.45, 2.75) is 33.2 Å². The highest BCUT2D eigenvalue weighted by atomic mass is 16.3. The van der Waals surface area contributed by atoms with Crippen molar-refractivity contribution in [3.8, 4) is 11.3 Å². The maximum atomic E-state index is 12.8. The first-order chi connectivity index (χ1) is 14.0. The van der Waals surface area contributed by atoms with Crippen LogP contribution in [0.15, 0.2) is 59.0 Å². The Morgan fingerprint density at radius 2 is 1.79 bits per heavy atom. The third-order valence-electron chi connectivity index (χ3n) is 5.23. The number of hydrogen-bond donors (Lipinski definition) is 1. The minimum Gasteiger partial charge on any atom is -0.461 e. The molecule has 148 valence electrons. The van der Waals surface area contributed by atoms with Crippen molar-refractivity contribution in [1.29, 1.82) is 0 Å². The van der Waals surface area contributed by atoms with Gasteiger partial charge in [-0.3, -0.25) is 9.59 Å². The summed E-state index contributed by atoms with van der Waals surface area (Å²) in [5.41, 5.74) is 4.63. The quantitative estimate of drug-likeness (QED) is 0.698. The summed E-state index contributed by atoms with van der Waals surface area (Å²) in [6.45, 7) is 5.04. The largest absolute Gasteiger partial charge is 0.461 e. The van der Waals surface area contributed by atoms with Gasteiger partial charge >= 0.3 is 0 Å². The lowest BCUT2D eigenvalue weighted by Crippen LogP contribution is -2.35. The molecule has 3 aromatic rings. The maximum absolute atomic E-state index is 12.8. The number of carbonyl (C=O) groups excluding carboxylic acids is 2. The van der Waals surface area contributed by atoms with Crippen molar-refractivity contribution in [3.63, 3.8) is 0 Å². The molecule has 2 amide bonds. The van der Waals surface area contributed by atoms with Crippen LogP contribution in [-0.4, -0.2) is 23.3 Å². The number of hydrogen-bond acceptors (Lipinski definition) is 3. The molecule has 5 heteroatoms. The molecule has 2 aromatic carbocycles. The van der Waals surface area contributed by atoms with Crippen LogP contribution in [0.5, 0.6) is 0 Å². The summed E-state index contributed by atoms with van der Waals surface area (Å²) in [5, 5.41) is 2.84. The number of benzene rings is 2. The number of furan rings is 1. The van der Waals surface area contributed by atoms with E-state index in [4.69, 9.17) is 4.42 Å². The van der Waals surface area contributed by atoms with E-state index in [2.05, 4.69) is 5.32 Å². The average molecular weight is 388 g/mol. The second-order valence-corrected chi connectivity index (χ2v) is 7.38. The van der Waals surface area contributed by atoms with Crippen LogP contribution in [0.3, 0.4) is 0 Å². The van der Waals surface area contributed by atoms with Crippen LogP contribution < -0.4 is 5.32 Å². The number of rotatable bonds is 4. The molecule has 0 spiro atoms. The molecule has 5 nitrogen and oxygen atoms in total. The molecule has 0 radical (unpaired) electrons. The lowest BCUT2D eigenvalue weighted by atomic mass is 10.1. The molecule has 1 aliphatic heterocycles. The Balaban J connectivity index is 1.49. The van der Waals surface area contributed by atoms with E-state index in [9.17, 15) is 9.59 Å². The van der Waals surface area contributed by atoms with Gasteiger partial charge in [-0.05, 0) is 49.4 Å². The lowest BCUT2D eigenvalue weighted by Gasteiger charge is -2.26. The predicted octanol–water partition coefficient (Wildman–Crippen LogP) is 4.80. The van der Waals surface area contributed by atoms with E-state index in [1.165, 1.54) is 0 Å². The fraction of sp³-hybridized carbons (Fsp3) is 0.250. The highest BCUT2D eigenvalue weighted by molar-refractivity contribution is 5.94. The summed E-state index contributed by atoms with van der Waals surface area (Å²) < 4.78 is 6.06. The Kier molecular flexibility index (Phi) is 5.21. The third-order valence-corrected chi connectivity index (χ3v) is 5.23. The SMILES string of the molecule is CCC(=O)Nc1ccc(-c2cc3c(o2)CCN(C(=O)c2ccc(C)cc2)C3)cc1. The monoisotopic (exact) mass is 388 g/mol. The first kappa shape index (κ1) is 19.0. The van der Waals surface area contributed by atoms with Gasteiger partial charge in [0.15, 0.2) is 0 Å². The van der Waals surface area contributed by atoms with Gasteiger partial charge in [-0.15, -0.1) is 0 Å². The number of nitrogens with zero attached hydrogens (tertiary/aromatic N) is 1. The first-order valence-corrected chi connectivity index (χ1v) is 9.91. The fourth-order valence-electron chi connectivity index (χ4n) is 3.49. The molecule has 0 bridgehead atoms. The van der Waals surface area contributed by atoms with Gasteiger partial charge in [0.2, 0.25) is 5.91 Å². The zero-order chi connectivity index (χ0) is 20.4. The number of carbonyl (C=O) groups is 2. The second kappa shape index (κ2) is 7.95. The van der Waals surface area contributed by atoms with Gasteiger partial charge in [0.1, 0.15) is 11.5 Å². The molecule has 1 aliphatic rings. The molecule has 29 heavy (non-hydrogen) atoms. The van der Waals surface area contributed by atoms with Crippen LogP contribution in [0.2, 0.25) is 0 Å². The van der Waals surface area contributed by atoms with Gasteiger partial charge in [0.25, 0.3) is 5.91 Å². The molecule has 0 saturated heterocycles. The molecule has 0 atom stereocenters. The normalized spacial score (nSPS) is 13.1. The standard InChI is InChI=1S/C24H24N2O3/c1-3-23(27)25-20-10-8-17(9-11-20)22-14-19-15-26(13-12-21(19)29-22)24(28)18-6-4-16(2)5-7-18/h4-11,14H,3,12-13,15H2,1-2H3,(H,25,27). The number of amides is 2. The van der Waals surface area contributed by atoms with E-state index >= 15 is 0 Å². The minimum atomic E-state index is -0.00968. The van der Waals surface area contributed by atoms with Crippen LogP contribution in [0, 0.1) is 6.92 Å². The molecule has 1 N–H and O–H groups in total. The fourth-order valence-corrected chi connectivity index (χ4v) is 3.49. The highest BCUT2D eigenvalue weighted by Gasteiger charge is 2.25. The van der Waals surface area contributed by atoms with E-state index in [1.54, 1.807) is 0 Å². The Morgan fingerprint density at radius 1 is 1.07 bits per heavy atom. The summed E-state index contributed by atoms with van der Waals surface area (Å²) in [6, 6.07) is 17.3. The number of nitrogens with one attached hydrogen (secondary N) is 1. The van der Waals surface area contributed by atoms with Crippen LogP contribution in [-0.2, 0) is 17.8 Å². The number of fused-ring (bicyclic) bond motifs is 1. The lowest BCUT2D eigenvalue weighted by molar-refractivity contribution is -0.115. The summed E-state index contributed by atoms with van der Waals surface area (Å²) in [4.78, 5) is 26.2. The van der Waals surface area contributed by atoms with Crippen LogP contribution in [0.25, 0.3) is 11.3 Å². The Labute approximate surface area is 170 Å². The van der Waals surface area contributed by atoms with Crippen molar-refractivity contribution in [2.75, 3.05) is 11.9 Å². The van der Waals surface area contributed by atoms with Crippen molar-refractivity contribution < 1.29 is 14.0 Å². The number of aryl methyl sites for hydroxylation is 1. The van der Waals surface area contributed by atoms with Crippen molar-refractivity contribution in [3.05, 3.63) is 77.0 Å². The molecule has 0 unspecified atom stereocenters. The molecule has 2 heterocycles. The molecule has 0 fully saturated rings. The number of anilines is 1. The molecular weight excluding hydrogens is 364 g/mol. The van der Waals surface area contributed by atoms with E-state index in [0.717, 1.165) is 33.9 Å². The summed E-state index contributed by atoms with van der Waals surface area (Å²) in [5.74, 6) is 1.77. The van der Waals surface area contributed by atoms with Gasteiger partial charge in [-0.1, -0.05) is 24.6 Å². The minimum absolute atomic E-state index is 0.00968. The topological polar surface area (TPSA) is 62.6 Å². The molecule has 0 aliphatic carbocycles.